The highest BCUT2D eigenvalue weighted by Crippen LogP contribution is 2.35. The Balaban J connectivity index is 1.57. The number of carbonyl (C=O) groups is 2. The zero-order valence-electron chi connectivity index (χ0n) is 17.7. The number of nitrogens with one attached hydrogen (secondary N) is 1. The fourth-order valence-electron chi connectivity index (χ4n) is 4.02. The van der Waals surface area contributed by atoms with Gasteiger partial charge < -0.3 is 10.4 Å². The fourth-order valence-corrected chi connectivity index (χ4v) is 4.81. The van der Waals surface area contributed by atoms with Gasteiger partial charge >= 0.3 is 5.97 Å². The average Bonchev–Trinajstić information content (AvgIpc) is 3.43. The van der Waals surface area contributed by atoms with Gasteiger partial charge in [-0.25, -0.2) is 4.98 Å². The van der Waals surface area contributed by atoms with Crippen LogP contribution in [0.5, 0.6) is 0 Å². The summed E-state index contributed by atoms with van der Waals surface area (Å²) in [6, 6.07) is 7.54. The van der Waals surface area contributed by atoms with Gasteiger partial charge in [0.15, 0.2) is 0 Å². The summed E-state index contributed by atoms with van der Waals surface area (Å²) in [5, 5.41) is 15.5. The van der Waals surface area contributed by atoms with E-state index in [0.717, 1.165) is 10.6 Å². The minimum absolute atomic E-state index is 0.0235. The van der Waals surface area contributed by atoms with Gasteiger partial charge in [-0.1, -0.05) is 44.9 Å². The quantitative estimate of drug-likeness (QED) is 0.501. The zero-order valence-corrected chi connectivity index (χ0v) is 18.5. The van der Waals surface area contributed by atoms with E-state index in [0.29, 0.717) is 24.4 Å². The first-order valence-corrected chi connectivity index (χ1v) is 11.6. The molecule has 1 aliphatic rings. The smallest absolute Gasteiger partial charge is 0.310 e. The molecule has 0 saturated heterocycles. The van der Waals surface area contributed by atoms with E-state index in [1.54, 1.807) is 11.3 Å². The van der Waals surface area contributed by atoms with Crippen molar-refractivity contribution in [2.75, 3.05) is 5.32 Å². The lowest BCUT2D eigenvalue weighted by Crippen LogP contribution is -2.34. The number of rotatable bonds is 9. The first-order chi connectivity index (χ1) is 14.5. The van der Waals surface area contributed by atoms with E-state index in [9.17, 15) is 14.7 Å². The molecule has 0 bridgehead atoms. The first kappa shape index (κ1) is 22.2. The molecular formula is C24H30N2O3S. The largest absolute Gasteiger partial charge is 0.481 e. The molecule has 0 spiro atoms. The molecule has 0 radical (unpaired) electrons. The number of carbonyl (C=O) groups excluding carboxylic acids is 1. The second kappa shape index (κ2) is 10.0. The molecule has 1 amide bonds. The first-order valence-electron chi connectivity index (χ1n) is 10.7. The van der Waals surface area contributed by atoms with Crippen molar-refractivity contribution in [1.82, 2.24) is 4.98 Å². The summed E-state index contributed by atoms with van der Waals surface area (Å²) in [4.78, 5) is 28.7. The highest BCUT2D eigenvalue weighted by Gasteiger charge is 2.37. The summed E-state index contributed by atoms with van der Waals surface area (Å²) in [5.74, 6) is -0.556. The fraction of sp³-hybridized carbons (Fsp3) is 0.458. The van der Waals surface area contributed by atoms with Crippen LogP contribution < -0.4 is 5.32 Å². The van der Waals surface area contributed by atoms with E-state index in [4.69, 9.17) is 4.98 Å². The number of carboxylic acids is 1. The molecule has 1 saturated carbocycles. The van der Waals surface area contributed by atoms with Gasteiger partial charge in [-0.15, -0.1) is 11.3 Å². The van der Waals surface area contributed by atoms with Crippen molar-refractivity contribution in [3.05, 3.63) is 45.9 Å². The Kier molecular flexibility index (Phi) is 7.43. The molecule has 2 N–H and O–H groups in total. The van der Waals surface area contributed by atoms with E-state index in [-0.39, 0.29) is 12.3 Å². The molecule has 1 heterocycles. The molecule has 1 aromatic heterocycles. The van der Waals surface area contributed by atoms with Crippen LogP contribution in [0.25, 0.3) is 12.2 Å². The van der Waals surface area contributed by atoms with Crippen LogP contribution in [0.4, 0.5) is 5.69 Å². The van der Waals surface area contributed by atoms with Crippen molar-refractivity contribution in [3.8, 4) is 0 Å². The predicted molar refractivity (Wildman–Crippen MR) is 123 cm³/mol. The summed E-state index contributed by atoms with van der Waals surface area (Å²) in [6.45, 7) is 3.62. The Morgan fingerprint density at radius 2 is 1.83 bits per heavy atom. The van der Waals surface area contributed by atoms with Gasteiger partial charge in [0.05, 0.1) is 11.1 Å². The maximum Gasteiger partial charge on any atom is 0.310 e. The molecule has 1 fully saturated rings. The highest BCUT2D eigenvalue weighted by atomic mass is 32.1. The van der Waals surface area contributed by atoms with Crippen LogP contribution in [0.15, 0.2) is 29.6 Å². The molecule has 5 nitrogen and oxygen atoms in total. The number of carboxylic acid groups (broad SMARTS) is 1. The highest BCUT2D eigenvalue weighted by molar-refractivity contribution is 7.10. The van der Waals surface area contributed by atoms with Gasteiger partial charge in [0.1, 0.15) is 5.01 Å². The number of thiazole rings is 1. The van der Waals surface area contributed by atoms with Crippen molar-refractivity contribution in [1.29, 1.82) is 0 Å². The third kappa shape index (κ3) is 5.36. The summed E-state index contributed by atoms with van der Waals surface area (Å²) in [6.07, 6.45) is 10.0. The van der Waals surface area contributed by atoms with Crippen molar-refractivity contribution in [3.63, 3.8) is 0 Å². The van der Waals surface area contributed by atoms with E-state index in [1.165, 1.54) is 31.4 Å². The monoisotopic (exact) mass is 426 g/mol. The molecule has 0 unspecified atom stereocenters. The minimum Gasteiger partial charge on any atom is -0.481 e. The van der Waals surface area contributed by atoms with Crippen molar-refractivity contribution >= 4 is 41.1 Å². The van der Waals surface area contributed by atoms with Gasteiger partial charge in [0.25, 0.3) is 0 Å². The summed E-state index contributed by atoms with van der Waals surface area (Å²) in [7, 11) is 0. The van der Waals surface area contributed by atoms with Crippen molar-refractivity contribution in [2.24, 2.45) is 5.41 Å². The van der Waals surface area contributed by atoms with Crippen LogP contribution >= 0.6 is 11.3 Å². The molecule has 3 rings (SSSR count). The third-order valence-electron chi connectivity index (χ3n) is 6.23. The molecule has 1 aliphatic carbocycles. The molecule has 1 aromatic carbocycles. The second-order valence-corrected chi connectivity index (χ2v) is 8.95. The number of anilines is 1. The Morgan fingerprint density at radius 3 is 2.43 bits per heavy atom. The summed E-state index contributed by atoms with van der Waals surface area (Å²) >= 11 is 1.68. The minimum atomic E-state index is -1.00. The van der Waals surface area contributed by atoms with Crippen LogP contribution in [-0.2, 0) is 9.59 Å². The standard InChI is InChI=1S/C24H30N2O3S/c1-3-24(4-2,23(28)29)15-21(27)25-19-12-9-17(10-13-19)11-14-22-26-20(16-30-22)18-7-5-6-8-18/h9-14,16,18H,3-8,15H2,1-2H3,(H,25,27)(H,28,29)/b14-11+. The van der Waals surface area contributed by atoms with Crippen molar-refractivity contribution in [2.45, 2.75) is 64.7 Å². The Morgan fingerprint density at radius 1 is 1.17 bits per heavy atom. The lowest BCUT2D eigenvalue weighted by Gasteiger charge is -2.25. The molecule has 6 heteroatoms. The number of aliphatic carboxylic acids is 1. The van der Waals surface area contributed by atoms with Gasteiger partial charge in [-0.05, 0) is 49.5 Å². The van der Waals surface area contributed by atoms with E-state index in [1.807, 2.05) is 50.3 Å². The molecular weight excluding hydrogens is 396 g/mol. The van der Waals surface area contributed by atoms with Gasteiger partial charge in [0, 0.05) is 23.4 Å². The van der Waals surface area contributed by atoms with Crippen LogP contribution in [0, 0.1) is 5.41 Å². The maximum absolute atomic E-state index is 12.4. The van der Waals surface area contributed by atoms with Crippen molar-refractivity contribution < 1.29 is 14.7 Å². The van der Waals surface area contributed by atoms with Gasteiger partial charge in [-0.3, -0.25) is 9.59 Å². The Labute approximate surface area is 182 Å². The topological polar surface area (TPSA) is 79.3 Å². The summed E-state index contributed by atoms with van der Waals surface area (Å²) in [5.41, 5.74) is 1.92. The molecule has 0 aliphatic heterocycles. The zero-order chi connectivity index (χ0) is 21.6. The SMILES string of the molecule is CCC(CC)(CC(=O)Nc1ccc(/C=C/c2nc(C3CCCC3)cs2)cc1)C(=O)O. The van der Waals surface area contributed by atoms with Crippen LogP contribution in [0.1, 0.15) is 81.0 Å². The number of hydrogen-bond donors (Lipinski definition) is 2. The maximum atomic E-state index is 12.4. The van der Waals surface area contributed by atoms with Crippen LogP contribution in [-0.4, -0.2) is 22.0 Å². The summed E-state index contributed by atoms with van der Waals surface area (Å²) < 4.78 is 0. The second-order valence-electron chi connectivity index (χ2n) is 8.06. The Hall–Kier alpha value is -2.47. The molecule has 30 heavy (non-hydrogen) atoms. The third-order valence-corrected chi connectivity index (χ3v) is 7.06. The van der Waals surface area contributed by atoms with E-state index < -0.39 is 11.4 Å². The van der Waals surface area contributed by atoms with Gasteiger partial charge in [-0.2, -0.15) is 0 Å². The number of nitrogens with zero attached hydrogens (tertiary/aromatic N) is 1. The van der Waals surface area contributed by atoms with E-state index >= 15 is 0 Å². The normalized spacial score (nSPS) is 15.0. The predicted octanol–water partition coefficient (Wildman–Crippen LogP) is 6.19. The number of benzene rings is 1. The molecule has 0 atom stereocenters. The van der Waals surface area contributed by atoms with Gasteiger partial charge in [0.2, 0.25) is 5.91 Å². The lowest BCUT2D eigenvalue weighted by molar-refractivity contribution is -0.151. The molecule has 2 aromatic rings. The Bertz CT molecular complexity index is 891. The number of aromatic nitrogens is 1. The molecule has 160 valence electrons. The lowest BCUT2D eigenvalue weighted by atomic mass is 9.79. The number of amides is 1. The number of hydrogen-bond acceptors (Lipinski definition) is 4. The average molecular weight is 427 g/mol. The van der Waals surface area contributed by atoms with E-state index in [2.05, 4.69) is 10.7 Å². The van der Waals surface area contributed by atoms with Crippen LogP contribution in [0.3, 0.4) is 0 Å². The van der Waals surface area contributed by atoms with Crippen LogP contribution in [0.2, 0.25) is 0 Å².